The molecule has 8 heteroatoms. The largest absolute Gasteiger partial charge is 0.481 e. The number of pyridine rings is 1. The molecule has 0 radical (unpaired) electrons. The summed E-state index contributed by atoms with van der Waals surface area (Å²) in [6.07, 6.45) is 1.40. The van der Waals surface area contributed by atoms with E-state index in [-0.39, 0.29) is 11.9 Å². The molecule has 0 unspecified atom stereocenters. The minimum absolute atomic E-state index is 0.0920. The third kappa shape index (κ3) is 4.86. The van der Waals surface area contributed by atoms with Gasteiger partial charge in [0.15, 0.2) is 0 Å². The van der Waals surface area contributed by atoms with E-state index in [9.17, 15) is 4.79 Å². The summed E-state index contributed by atoms with van der Waals surface area (Å²) in [4.78, 5) is 16.0. The van der Waals surface area contributed by atoms with Gasteiger partial charge in [0.1, 0.15) is 0 Å². The maximum Gasteiger partial charge on any atom is 0.220 e. The van der Waals surface area contributed by atoms with Gasteiger partial charge in [-0.3, -0.25) is 4.79 Å². The number of ether oxygens (including phenoxy) is 1. The lowest BCUT2D eigenvalue weighted by molar-refractivity contribution is -0.119. The summed E-state index contributed by atoms with van der Waals surface area (Å²) in [6, 6.07) is 15.2. The van der Waals surface area contributed by atoms with Crippen molar-refractivity contribution in [2.45, 2.75) is 25.4 Å². The summed E-state index contributed by atoms with van der Waals surface area (Å²) < 4.78 is 5.53. The number of aromatic nitrogens is 1. The average Bonchev–Trinajstić information content (AvgIpc) is 3.20. The van der Waals surface area contributed by atoms with Gasteiger partial charge >= 0.3 is 0 Å². The third-order valence-electron chi connectivity index (χ3n) is 5.44. The number of methoxy groups -OCH3 is 1. The first-order chi connectivity index (χ1) is 15.5. The van der Waals surface area contributed by atoms with Crippen molar-refractivity contribution in [3.63, 3.8) is 0 Å². The van der Waals surface area contributed by atoms with Crippen LogP contribution >= 0.6 is 34.8 Å². The number of amides is 1. The van der Waals surface area contributed by atoms with Crippen molar-refractivity contribution in [2.24, 2.45) is 0 Å². The second kappa shape index (κ2) is 10.1. The van der Waals surface area contributed by atoms with E-state index in [1.54, 1.807) is 13.2 Å². The minimum Gasteiger partial charge on any atom is -0.481 e. The first-order valence-corrected chi connectivity index (χ1v) is 11.4. The van der Waals surface area contributed by atoms with Crippen LogP contribution in [0.2, 0.25) is 15.1 Å². The Bertz CT molecular complexity index is 1150. The second-order valence-corrected chi connectivity index (χ2v) is 8.75. The van der Waals surface area contributed by atoms with Crippen LogP contribution in [0.5, 0.6) is 5.88 Å². The molecule has 1 aromatic heterocycles. The zero-order valence-corrected chi connectivity index (χ0v) is 19.7. The SMILES string of the molecule is COc1nc(-c2cccc(-c3ccccc3Cl)c2Cl)cc(Cl)c1CNC[C@@H]1CCC(=O)N1. The van der Waals surface area contributed by atoms with Crippen LogP contribution in [0.15, 0.2) is 48.5 Å². The molecule has 4 rings (SSSR count). The fourth-order valence-electron chi connectivity index (χ4n) is 3.80. The van der Waals surface area contributed by atoms with Gasteiger partial charge < -0.3 is 15.4 Å². The highest BCUT2D eigenvalue weighted by atomic mass is 35.5. The number of halogens is 3. The van der Waals surface area contributed by atoms with Crippen molar-refractivity contribution in [1.82, 2.24) is 15.6 Å². The van der Waals surface area contributed by atoms with Crippen LogP contribution in [0.4, 0.5) is 0 Å². The smallest absolute Gasteiger partial charge is 0.220 e. The zero-order chi connectivity index (χ0) is 22.7. The molecule has 32 heavy (non-hydrogen) atoms. The maximum absolute atomic E-state index is 11.4. The minimum atomic E-state index is 0.0920. The Morgan fingerprint density at radius 2 is 1.81 bits per heavy atom. The van der Waals surface area contributed by atoms with Gasteiger partial charge in [0.05, 0.1) is 22.8 Å². The average molecular weight is 491 g/mol. The molecule has 1 aliphatic rings. The lowest BCUT2D eigenvalue weighted by Crippen LogP contribution is -2.35. The molecule has 1 amide bonds. The van der Waals surface area contributed by atoms with Crippen LogP contribution in [0, 0.1) is 0 Å². The Labute approximate surface area is 202 Å². The van der Waals surface area contributed by atoms with Gasteiger partial charge in [0, 0.05) is 52.8 Å². The van der Waals surface area contributed by atoms with Crippen LogP contribution in [-0.4, -0.2) is 30.6 Å². The normalized spacial score (nSPS) is 15.6. The van der Waals surface area contributed by atoms with Crippen LogP contribution in [0.25, 0.3) is 22.4 Å². The van der Waals surface area contributed by atoms with Gasteiger partial charge in [0.25, 0.3) is 0 Å². The molecule has 5 nitrogen and oxygen atoms in total. The van der Waals surface area contributed by atoms with Gasteiger partial charge in [-0.05, 0) is 18.6 Å². The Balaban J connectivity index is 1.61. The molecule has 0 aliphatic carbocycles. The lowest BCUT2D eigenvalue weighted by Gasteiger charge is -2.16. The van der Waals surface area contributed by atoms with Gasteiger partial charge in [-0.25, -0.2) is 4.98 Å². The van der Waals surface area contributed by atoms with Crippen molar-refractivity contribution in [3.05, 3.63) is 69.2 Å². The number of carbonyl (C=O) groups is 1. The Kier molecular flexibility index (Phi) is 7.21. The predicted molar refractivity (Wildman–Crippen MR) is 130 cm³/mol. The molecule has 1 saturated heterocycles. The van der Waals surface area contributed by atoms with Gasteiger partial charge in [-0.15, -0.1) is 0 Å². The summed E-state index contributed by atoms with van der Waals surface area (Å²) in [7, 11) is 1.56. The highest BCUT2D eigenvalue weighted by molar-refractivity contribution is 6.38. The summed E-state index contributed by atoms with van der Waals surface area (Å²) in [5.74, 6) is 0.518. The van der Waals surface area contributed by atoms with Gasteiger partial charge in [0.2, 0.25) is 11.8 Å². The number of hydrogen-bond donors (Lipinski definition) is 2. The lowest BCUT2D eigenvalue weighted by atomic mass is 10.0. The number of nitrogens with one attached hydrogen (secondary N) is 2. The summed E-state index contributed by atoms with van der Waals surface area (Å²) >= 11 is 19.8. The van der Waals surface area contributed by atoms with E-state index < -0.39 is 0 Å². The molecule has 1 fully saturated rings. The molecule has 0 saturated carbocycles. The fourth-order valence-corrected chi connectivity index (χ4v) is 4.62. The first kappa shape index (κ1) is 22.9. The molecule has 2 aromatic carbocycles. The highest BCUT2D eigenvalue weighted by Crippen LogP contribution is 2.40. The Hall–Kier alpha value is -2.31. The number of carbonyl (C=O) groups excluding carboxylic acids is 1. The number of hydrogen-bond acceptors (Lipinski definition) is 4. The molecule has 1 atom stereocenters. The maximum atomic E-state index is 11.4. The summed E-state index contributed by atoms with van der Waals surface area (Å²) in [5, 5.41) is 7.94. The first-order valence-electron chi connectivity index (χ1n) is 10.2. The van der Waals surface area contributed by atoms with Crippen molar-refractivity contribution >= 4 is 40.7 Å². The highest BCUT2D eigenvalue weighted by Gasteiger charge is 2.21. The third-order valence-corrected chi connectivity index (χ3v) is 6.52. The van der Waals surface area contributed by atoms with E-state index in [1.807, 2.05) is 42.5 Å². The van der Waals surface area contributed by atoms with E-state index in [4.69, 9.17) is 39.5 Å². The summed E-state index contributed by atoms with van der Waals surface area (Å²) in [6.45, 7) is 1.12. The monoisotopic (exact) mass is 489 g/mol. The van der Waals surface area contributed by atoms with Gasteiger partial charge in [-0.1, -0.05) is 71.2 Å². The van der Waals surface area contributed by atoms with Crippen LogP contribution in [-0.2, 0) is 11.3 Å². The van der Waals surface area contributed by atoms with Crippen molar-refractivity contribution in [2.75, 3.05) is 13.7 Å². The fraction of sp³-hybridized carbons (Fsp3) is 0.250. The number of nitrogens with zero attached hydrogens (tertiary/aromatic N) is 1. The molecular formula is C24H22Cl3N3O2. The predicted octanol–water partition coefficient (Wildman–Crippen LogP) is 5.75. The molecule has 2 N–H and O–H groups in total. The molecular weight excluding hydrogens is 469 g/mol. The zero-order valence-electron chi connectivity index (χ0n) is 17.4. The van der Waals surface area contributed by atoms with E-state index in [0.29, 0.717) is 46.2 Å². The van der Waals surface area contributed by atoms with E-state index in [0.717, 1.165) is 28.7 Å². The number of rotatable bonds is 7. The molecule has 166 valence electrons. The molecule has 2 heterocycles. The standard InChI is InChI=1S/C24H22Cl3N3O2/c1-32-24-18(13-28-12-14-9-10-22(31)29-14)20(26)11-21(30-24)17-7-4-6-16(23(17)27)15-5-2-3-8-19(15)25/h2-8,11,14,28H,9-10,12-13H2,1H3,(H,29,31)/t14-/m0/s1. The molecule has 0 spiro atoms. The Morgan fingerprint density at radius 1 is 1.06 bits per heavy atom. The summed E-state index contributed by atoms with van der Waals surface area (Å²) in [5.41, 5.74) is 3.76. The van der Waals surface area contributed by atoms with Gasteiger partial charge in [-0.2, -0.15) is 0 Å². The number of benzene rings is 2. The van der Waals surface area contributed by atoms with Crippen LogP contribution in [0.1, 0.15) is 18.4 Å². The van der Waals surface area contributed by atoms with E-state index in [2.05, 4.69) is 15.6 Å². The van der Waals surface area contributed by atoms with E-state index in [1.165, 1.54) is 0 Å². The topological polar surface area (TPSA) is 63.2 Å². The van der Waals surface area contributed by atoms with Crippen LogP contribution in [0.3, 0.4) is 0 Å². The second-order valence-electron chi connectivity index (χ2n) is 7.56. The van der Waals surface area contributed by atoms with Crippen molar-refractivity contribution < 1.29 is 9.53 Å². The van der Waals surface area contributed by atoms with Crippen molar-refractivity contribution in [1.29, 1.82) is 0 Å². The van der Waals surface area contributed by atoms with Crippen LogP contribution < -0.4 is 15.4 Å². The molecule has 0 bridgehead atoms. The molecule has 3 aromatic rings. The van der Waals surface area contributed by atoms with Crippen molar-refractivity contribution in [3.8, 4) is 28.3 Å². The molecule has 1 aliphatic heterocycles. The quantitative estimate of drug-likeness (QED) is 0.442. The van der Waals surface area contributed by atoms with E-state index >= 15 is 0 Å². The Morgan fingerprint density at radius 3 is 2.53 bits per heavy atom.